The van der Waals surface area contributed by atoms with Crippen molar-refractivity contribution in [2.45, 2.75) is 0 Å². The second-order valence-corrected chi connectivity index (χ2v) is 5.40. The minimum Gasteiger partial charge on any atom is -0.399 e. The first-order chi connectivity index (χ1) is 9.65. The zero-order chi connectivity index (χ0) is 14.1. The monoisotopic (exact) mass is 349 g/mol. The highest BCUT2D eigenvalue weighted by Crippen LogP contribution is 2.27. The average Bonchev–Trinajstić information content (AvgIpc) is 2.91. The lowest BCUT2D eigenvalue weighted by Crippen LogP contribution is -2.00. The van der Waals surface area contributed by atoms with Crippen molar-refractivity contribution >= 4 is 33.2 Å². The van der Waals surface area contributed by atoms with Crippen molar-refractivity contribution in [1.82, 2.24) is 20.2 Å². The summed E-state index contributed by atoms with van der Waals surface area (Å²) < 4.78 is 2.44. The van der Waals surface area contributed by atoms with Crippen LogP contribution in [0.4, 0.5) is 5.69 Å². The van der Waals surface area contributed by atoms with E-state index in [1.165, 1.54) is 0 Å². The van der Waals surface area contributed by atoms with Crippen LogP contribution >= 0.6 is 27.5 Å². The van der Waals surface area contributed by atoms with Gasteiger partial charge in [0.05, 0.1) is 10.7 Å². The average molecular weight is 351 g/mol. The zero-order valence-electron chi connectivity index (χ0n) is 10.2. The quantitative estimate of drug-likeness (QED) is 0.720. The van der Waals surface area contributed by atoms with Crippen LogP contribution in [-0.2, 0) is 0 Å². The smallest absolute Gasteiger partial charge is 0.187 e. The van der Waals surface area contributed by atoms with E-state index in [0.29, 0.717) is 16.5 Å². The highest BCUT2D eigenvalue weighted by molar-refractivity contribution is 9.10. The normalized spacial score (nSPS) is 10.7. The summed E-state index contributed by atoms with van der Waals surface area (Å²) in [5, 5.41) is 12.4. The van der Waals surface area contributed by atoms with Gasteiger partial charge in [-0.2, -0.15) is 4.68 Å². The van der Waals surface area contributed by atoms with Crippen molar-refractivity contribution in [3.8, 4) is 17.1 Å². The molecule has 0 atom stereocenters. The molecule has 3 rings (SSSR count). The Hall–Kier alpha value is -1.92. The molecule has 20 heavy (non-hydrogen) atoms. The summed E-state index contributed by atoms with van der Waals surface area (Å²) in [6, 6.07) is 12.9. The molecular formula is C13H9BrClN5. The molecule has 5 nitrogen and oxygen atoms in total. The first-order valence-corrected chi connectivity index (χ1v) is 6.92. The van der Waals surface area contributed by atoms with E-state index in [-0.39, 0.29) is 0 Å². The summed E-state index contributed by atoms with van der Waals surface area (Å²) in [6.45, 7) is 0. The van der Waals surface area contributed by atoms with Crippen LogP contribution in [0.3, 0.4) is 0 Å². The van der Waals surface area contributed by atoms with Gasteiger partial charge in [0.1, 0.15) is 0 Å². The third-order valence-corrected chi connectivity index (χ3v) is 3.99. The fourth-order valence-electron chi connectivity index (χ4n) is 1.84. The number of nitrogens with two attached hydrogens (primary N) is 1. The van der Waals surface area contributed by atoms with Crippen molar-refractivity contribution in [2.24, 2.45) is 0 Å². The fourth-order valence-corrected chi connectivity index (χ4v) is 2.26. The molecule has 2 N–H and O–H groups in total. The van der Waals surface area contributed by atoms with E-state index in [1.807, 2.05) is 36.4 Å². The molecule has 0 aliphatic carbocycles. The summed E-state index contributed by atoms with van der Waals surface area (Å²) in [4.78, 5) is 0. The van der Waals surface area contributed by atoms with Gasteiger partial charge in [0.25, 0.3) is 0 Å². The Morgan fingerprint density at radius 1 is 1.15 bits per heavy atom. The number of nitrogens with zero attached hydrogens (tertiary/aromatic N) is 4. The number of benzene rings is 2. The molecule has 2 aromatic carbocycles. The van der Waals surface area contributed by atoms with E-state index in [1.54, 1.807) is 10.7 Å². The van der Waals surface area contributed by atoms with Crippen molar-refractivity contribution < 1.29 is 0 Å². The third kappa shape index (κ3) is 2.39. The van der Waals surface area contributed by atoms with Gasteiger partial charge in [0.2, 0.25) is 0 Å². The molecule has 0 radical (unpaired) electrons. The summed E-state index contributed by atoms with van der Waals surface area (Å²) in [7, 11) is 0. The maximum Gasteiger partial charge on any atom is 0.187 e. The Morgan fingerprint density at radius 2 is 2.00 bits per heavy atom. The van der Waals surface area contributed by atoms with Gasteiger partial charge in [-0.3, -0.25) is 0 Å². The highest BCUT2D eigenvalue weighted by atomic mass is 79.9. The van der Waals surface area contributed by atoms with E-state index in [4.69, 9.17) is 17.3 Å². The van der Waals surface area contributed by atoms with Gasteiger partial charge in [-0.25, -0.2) is 0 Å². The predicted octanol–water partition coefficient (Wildman–Crippen LogP) is 3.33. The van der Waals surface area contributed by atoms with E-state index < -0.39 is 0 Å². The molecule has 0 aliphatic heterocycles. The number of hydrogen-bond acceptors (Lipinski definition) is 4. The molecule has 0 fully saturated rings. The molecule has 0 spiro atoms. The topological polar surface area (TPSA) is 69.6 Å². The van der Waals surface area contributed by atoms with Gasteiger partial charge in [-0.05, 0) is 56.7 Å². The van der Waals surface area contributed by atoms with Gasteiger partial charge < -0.3 is 5.73 Å². The second-order valence-electron chi connectivity index (χ2n) is 4.14. The molecular weight excluding hydrogens is 342 g/mol. The molecule has 100 valence electrons. The second kappa shape index (κ2) is 5.22. The Kier molecular flexibility index (Phi) is 3.42. The van der Waals surface area contributed by atoms with Crippen molar-refractivity contribution in [1.29, 1.82) is 0 Å². The SMILES string of the molecule is Nc1cccc(-c2nnnn2-c2ccc(Br)c(Cl)c2)c1. The minimum atomic E-state index is 0.594. The molecule has 1 heterocycles. The zero-order valence-corrected chi connectivity index (χ0v) is 12.5. The lowest BCUT2D eigenvalue weighted by Gasteiger charge is -2.06. The number of halogens is 2. The number of rotatable bonds is 2. The first kappa shape index (κ1) is 13.1. The van der Waals surface area contributed by atoms with Crippen molar-refractivity contribution in [2.75, 3.05) is 5.73 Å². The summed E-state index contributed by atoms with van der Waals surface area (Å²) in [5.41, 5.74) is 8.07. The van der Waals surface area contributed by atoms with Crippen LogP contribution in [0, 0.1) is 0 Å². The molecule has 1 aromatic heterocycles. The number of tetrazole rings is 1. The number of hydrogen-bond donors (Lipinski definition) is 1. The number of anilines is 1. The molecule has 0 saturated heterocycles. The molecule has 7 heteroatoms. The van der Waals surface area contributed by atoms with E-state index >= 15 is 0 Å². The maximum atomic E-state index is 6.11. The van der Waals surface area contributed by atoms with Gasteiger partial charge in [0.15, 0.2) is 5.82 Å². The highest BCUT2D eigenvalue weighted by Gasteiger charge is 2.11. The van der Waals surface area contributed by atoms with Crippen LogP contribution in [-0.4, -0.2) is 20.2 Å². The van der Waals surface area contributed by atoms with Gasteiger partial charge in [-0.1, -0.05) is 23.7 Å². The maximum absolute atomic E-state index is 6.11. The lowest BCUT2D eigenvalue weighted by molar-refractivity contribution is 0.791. The van der Waals surface area contributed by atoms with Crippen molar-refractivity contribution in [3.05, 3.63) is 52.0 Å². The minimum absolute atomic E-state index is 0.594. The third-order valence-electron chi connectivity index (χ3n) is 2.76. The Bertz CT molecular complexity index is 771. The summed E-state index contributed by atoms with van der Waals surface area (Å²) >= 11 is 9.46. The Balaban J connectivity index is 2.12. The lowest BCUT2D eigenvalue weighted by atomic mass is 10.2. The van der Waals surface area contributed by atoms with Crippen LogP contribution in [0.2, 0.25) is 5.02 Å². The van der Waals surface area contributed by atoms with Gasteiger partial charge in [-0.15, -0.1) is 5.10 Å². The van der Waals surface area contributed by atoms with E-state index in [2.05, 4.69) is 31.5 Å². The molecule has 3 aromatic rings. The standard InChI is InChI=1S/C13H9BrClN5/c14-11-5-4-10(7-12(11)15)20-13(17-18-19-20)8-2-1-3-9(16)6-8/h1-7H,16H2. The molecule has 0 saturated carbocycles. The molecule has 0 aliphatic rings. The molecule has 0 unspecified atom stereocenters. The van der Waals surface area contributed by atoms with Crippen LogP contribution in [0.1, 0.15) is 0 Å². The fraction of sp³-hybridized carbons (Fsp3) is 0. The van der Waals surface area contributed by atoms with E-state index in [9.17, 15) is 0 Å². The first-order valence-electron chi connectivity index (χ1n) is 5.75. The van der Waals surface area contributed by atoms with Crippen LogP contribution in [0.5, 0.6) is 0 Å². The Morgan fingerprint density at radius 3 is 2.75 bits per heavy atom. The predicted molar refractivity (Wildman–Crippen MR) is 81.7 cm³/mol. The summed E-state index contributed by atoms with van der Waals surface area (Å²) in [5.74, 6) is 0.607. The van der Waals surface area contributed by atoms with Gasteiger partial charge >= 0.3 is 0 Å². The largest absolute Gasteiger partial charge is 0.399 e. The Labute approximate surface area is 128 Å². The number of aromatic nitrogens is 4. The van der Waals surface area contributed by atoms with Crippen LogP contribution < -0.4 is 5.73 Å². The van der Waals surface area contributed by atoms with Crippen molar-refractivity contribution in [3.63, 3.8) is 0 Å². The van der Waals surface area contributed by atoms with Gasteiger partial charge in [0, 0.05) is 15.7 Å². The molecule has 0 amide bonds. The summed E-state index contributed by atoms with van der Waals surface area (Å²) in [6.07, 6.45) is 0. The number of nitrogen functional groups attached to an aromatic ring is 1. The van der Waals surface area contributed by atoms with Crippen LogP contribution in [0.25, 0.3) is 17.1 Å². The molecule has 0 bridgehead atoms. The van der Waals surface area contributed by atoms with Crippen LogP contribution in [0.15, 0.2) is 46.9 Å². The van der Waals surface area contributed by atoms with E-state index in [0.717, 1.165) is 15.7 Å².